The molecule has 0 aliphatic rings. The van der Waals surface area contributed by atoms with Crippen molar-refractivity contribution in [2.45, 2.75) is 19.4 Å². The Morgan fingerprint density at radius 1 is 1.20 bits per heavy atom. The molecule has 0 saturated heterocycles. The first-order valence-electron chi connectivity index (χ1n) is 7.67. The molecule has 1 heterocycles. The zero-order valence-electron chi connectivity index (χ0n) is 13.4. The summed E-state index contributed by atoms with van der Waals surface area (Å²) in [6.45, 7) is 1.80. The van der Waals surface area contributed by atoms with Crippen molar-refractivity contribution in [2.24, 2.45) is 0 Å². The van der Waals surface area contributed by atoms with Gasteiger partial charge >= 0.3 is 5.97 Å². The number of esters is 1. The van der Waals surface area contributed by atoms with Gasteiger partial charge in [-0.1, -0.05) is 53.5 Å². The number of hydrogen-bond donors (Lipinski definition) is 0. The lowest BCUT2D eigenvalue weighted by Crippen LogP contribution is -2.12. The van der Waals surface area contributed by atoms with Crippen LogP contribution in [0, 0.1) is 0 Å². The molecular formula is C19H15Cl2NO2S. The minimum atomic E-state index is -0.410. The summed E-state index contributed by atoms with van der Waals surface area (Å²) >= 11 is 13.6. The van der Waals surface area contributed by atoms with Gasteiger partial charge < -0.3 is 4.74 Å². The van der Waals surface area contributed by atoms with Gasteiger partial charge in [-0.15, -0.1) is 11.3 Å². The summed E-state index contributed by atoms with van der Waals surface area (Å²) < 4.78 is 5.48. The standard InChI is InChI=1S/C19H15Cl2NO2S/c1-12(16-7-2-3-8-17(16)21)24-18(23)10-15-11-25-19(22-15)13-5-4-6-14(20)9-13/h2-9,11-12H,10H2,1H3. The number of aromatic nitrogens is 1. The lowest BCUT2D eigenvalue weighted by molar-refractivity contribution is -0.147. The third-order valence-corrected chi connectivity index (χ3v) is 5.12. The zero-order chi connectivity index (χ0) is 17.8. The van der Waals surface area contributed by atoms with E-state index in [9.17, 15) is 4.79 Å². The average molecular weight is 392 g/mol. The molecular weight excluding hydrogens is 377 g/mol. The molecule has 0 fully saturated rings. The molecule has 25 heavy (non-hydrogen) atoms. The Labute approximate surface area is 160 Å². The van der Waals surface area contributed by atoms with E-state index in [1.54, 1.807) is 13.0 Å². The van der Waals surface area contributed by atoms with E-state index < -0.39 is 6.10 Å². The predicted octanol–water partition coefficient (Wildman–Crippen LogP) is 5.96. The van der Waals surface area contributed by atoms with Gasteiger partial charge in [0.25, 0.3) is 0 Å². The second-order valence-electron chi connectivity index (χ2n) is 5.48. The van der Waals surface area contributed by atoms with E-state index in [0.717, 1.165) is 16.1 Å². The second kappa shape index (κ2) is 8.00. The smallest absolute Gasteiger partial charge is 0.312 e. The molecule has 3 rings (SSSR count). The van der Waals surface area contributed by atoms with Gasteiger partial charge in [0, 0.05) is 26.6 Å². The first-order valence-corrected chi connectivity index (χ1v) is 9.31. The lowest BCUT2D eigenvalue weighted by Gasteiger charge is -2.14. The molecule has 1 unspecified atom stereocenters. The summed E-state index contributed by atoms with van der Waals surface area (Å²) in [6, 6.07) is 14.8. The van der Waals surface area contributed by atoms with E-state index in [1.165, 1.54) is 11.3 Å². The topological polar surface area (TPSA) is 39.2 Å². The predicted molar refractivity (Wildman–Crippen MR) is 102 cm³/mol. The highest BCUT2D eigenvalue weighted by atomic mass is 35.5. The van der Waals surface area contributed by atoms with Crippen LogP contribution in [0.25, 0.3) is 10.6 Å². The van der Waals surface area contributed by atoms with E-state index in [1.807, 2.05) is 47.8 Å². The molecule has 2 aromatic carbocycles. The first kappa shape index (κ1) is 17.9. The molecule has 6 heteroatoms. The third-order valence-electron chi connectivity index (χ3n) is 3.60. The Balaban J connectivity index is 1.65. The Bertz CT molecular complexity index is 894. The van der Waals surface area contributed by atoms with E-state index in [4.69, 9.17) is 27.9 Å². The van der Waals surface area contributed by atoms with Crippen molar-refractivity contribution in [2.75, 3.05) is 0 Å². The zero-order valence-corrected chi connectivity index (χ0v) is 15.7. The van der Waals surface area contributed by atoms with Crippen LogP contribution < -0.4 is 0 Å². The van der Waals surface area contributed by atoms with Crippen LogP contribution in [-0.4, -0.2) is 11.0 Å². The Kier molecular flexibility index (Phi) is 5.74. The van der Waals surface area contributed by atoms with Crippen LogP contribution >= 0.6 is 34.5 Å². The summed E-state index contributed by atoms with van der Waals surface area (Å²) in [6.07, 6.45) is -0.293. The van der Waals surface area contributed by atoms with Crippen molar-refractivity contribution in [3.63, 3.8) is 0 Å². The van der Waals surface area contributed by atoms with E-state index in [0.29, 0.717) is 15.7 Å². The summed E-state index contributed by atoms with van der Waals surface area (Å²) in [4.78, 5) is 16.7. The van der Waals surface area contributed by atoms with Gasteiger partial charge in [0.2, 0.25) is 0 Å². The van der Waals surface area contributed by atoms with Gasteiger partial charge in [-0.2, -0.15) is 0 Å². The Hall–Kier alpha value is -1.88. The molecule has 0 bridgehead atoms. The second-order valence-corrected chi connectivity index (χ2v) is 7.19. The van der Waals surface area contributed by atoms with Gasteiger partial charge in [-0.05, 0) is 25.1 Å². The molecule has 0 aliphatic heterocycles. The van der Waals surface area contributed by atoms with Crippen molar-refractivity contribution in [3.8, 4) is 10.6 Å². The number of thiazole rings is 1. The highest BCUT2D eigenvalue weighted by molar-refractivity contribution is 7.13. The van der Waals surface area contributed by atoms with Gasteiger partial charge in [0.1, 0.15) is 11.1 Å². The summed E-state index contributed by atoms with van der Waals surface area (Å²) in [5.74, 6) is -0.338. The van der Waals surface area contributed by atoms with Crippen molar-refractivity contribution < 1.29 is 9.53 Å². The quantitative estimate of drug-likeness (QED) is 0.503. The number of halogens is 2. The lowest BCUT2D eigenvalue weighted by atomic mass is 10.1. The van der Waals surface area contributed by atoms with E-state index in [2.05, 4.69) is 4.98 Å². The fraction of sp³-hybridized carbons (Fsp3) is 0.158. The number of ether oxygens (including phenoxy) is 1. The summed E-state index contributed by atoms with van der Waals surface area (Å²) in [5, 5.41) is 3.92. The molecule has 1 aromatic heterocycles. The van der Waals surface area contributed by atoms with Crippen LogP contribution in [0.3, 0.4) is 0 Å². The monoisotopic (exact) mass is 391 g/mol. The Morgan fingerprint density at radius 3 is 2.76 bits per heavy atom. The largest absolute Gasteiger partial charge is 0.457 e. The van der Waals surface area contributed by atoms with Crippen molar-refractivity contribution in [1.82, 2.24) is 4.98 Å². The third kappa shape index (κ3) is 4.60. The summed E-state index contributed by atoms with van der Waals surface area (Å²) in [7, 11) is 0. The molecule has 0 saturated carbocycles. The molecule has 0 radical (unpaired) electrons. The number of nitrogens with zero attached hydrogens (tertiary/aromatic N) is 1. The maximum atomic E-state index is 12.2. The van der Waals surface area contributed by atoms with Crippen LogP contribution in [0.15, 0.2) is 53.9 Å². The minimum Gasteiger partial charge on any atom is -0.457 e. The van der Waals surface area contributed by atoms with Crippen LogP contribution in [0.1, 0.15) is 24.3 Å². The number of hydrogen-bond acceptors (Lipinski definition) is 4. The van der Waals surface area contributed by atoms with Crippen LogP contribution in [-0.2, 0) is 16.0 Å². The van der Waals surface area contributed by atoms with Gasteiger partial charge in [0.05, 0.1) is 12.1 Å². The molecule has 0 aliphatic carbocycles. The molecule has 1 atom stereocenters. The molecule has 0 N–H and O–H groups in total. The molecule has 128 valence electrons. The van der Waals surface area contributed by atoms with Crippen LogP contribution in [0.5, 0.6) is 0 Å². The summed E-state index contributed by atoms with van der Waals surface area (Å²) in [5.41, 5.74) is 2.40. The number of carbonyl (C=O) groups excluding carboxylic acids is 1. The highest BCUT2D eigenvalue weighted by Crippen LogP contribution is 2.27. The SMILES string of the molecule is CC(OC(=O)Cc1csc(-c2cccc(Cl)c2)n1)c1ccccc1Cl. The fourth-order valence-corrected chi connectivity index (χ4v) is 3.69. The van der Waals surface area contributed by atoms with Gasteiger partial charge in [-0.25, -0.2) is 4.98 Å². The highest BCUT2D eigenvalue weighted by Gasteiger charge is 2.16. The van der Waals surface area contributed by atoms with Gasteiger partial charge in [0.15, 0.2) is 0 Å². The molecule has 0 amide bonds. The fourth-order valence-electron chi connectivity index (χ4n) is 2.40. The van der Waals surface area contributed by atoms with Gasteiger partial charge in [-0.3, -0.25) is 4.79 Å². The molecule has 3 nitrogen and oxygen atoms in total. The minimum absolute atomic E-state index is 0.117. The number of rotatable bonds is 5. The average Bonchev–Trinajstić information content (AvgIpc) is 3.03. The van der Waals surface area contributed by atoms with E-state index in [-0.39, 0.29) is 12.4 Å². The molecule has 3 aromatic rings. The van der Waals surface area contributed by atoms with Crippen molar-refractivity contribution in [3.05, 3.63) is 75.2 Å². The first-order chi connectivity index (χ1) is 12.0. The molecule has 0 spiro atoms. The van der Waals surface area contributed by atoms with Crippen LogP contribution in [0.4, 0.5) is 0 Å². The Morgan fingerprint density at radius 2 is 2.00 bits per heavy atom. The normalized spacial score (nSPS) is 12.0. The number of benzene rings is 2. The maximum absolute atomic E-state index is 12.2. The number of carbonyl (C=O) groups is 1. The van der Waals surface area contributed by atoms with E-state index >= 15 is 0 Å². The van der Waals surface area contributed by atoms with Crippen LogP contribution in [0.2, 0.25) is 10.0 Å². The van der Waals surface area contributed by atoms with Crippen molar-refractivity contribution >= 4 is 40.5 Å². The van der Waals surface area contributed by atoms with Crippen molar-refractivity contribution in [1.29, 1.82) is 0 Å². The maximum Gasteiger partial charge on any atom is 0.312 e.